The van der Waals surface area contributed by atoms with E-state index in [-0.39, 0.29) is 11.7 Å². The molecule has 22 heavy (non-hydrogen) atoms. The molecule has 0 bridgehead atoms. The van der Waals surface area contributed by atoms with E-state index in [0.717, 1.165) is 18.9 Å². The number of rotatable bonds is 3. The maximum atomic E-state index is 13.5. The molecule has 2 aromatic rings. The first-order valence-corrected chi connectivity index (χ1v) is 7.42. The number of benzene rings is 1. The van der Waals surface area contributed by atoms with E-state index in [2.05, 4.69) is 15.2 Å². The second kappa shape index (κ2) is 6.13. The molecule has 114 valence electrons. The van der Waals surface area contributed by atoms with Gasteiger partial charge in [0.2, 0.25) is 0 Å². The average molecular weight is 299 g/mol. The average Bonchev–Trinajstić information content (AvgIpc) is 3.05. The Morgan fingerprint density at radius 1 is 1.23 bits per heavy atom. The van der Waals surface area contributed by atoms with Crippen LogP contribution in [0.2, 0.25) is 0 Å². The number of halogens is 1. The molecule has 2 heterocycles. The van der Waals surface area contributed by atoms with Crippen molar-refractivity contribution in [1.29, 1.82) is 0 Å². The highest BCUT2D eigenvalue weighted by molar-refractivity contribution is 6.04. The molecule has 1 amide bonds. The Morgan fingerprint density at radius 2 is 2.00 bits per heavy atom. The maximum absolute atomic E-state index is 13.5. The van der Waals surface area contributed by atoms with Gasteiger partial charge in [0.25, 0.3) is 5.91 Å². The first kappa shape index (κ1) is 14.5. The van der Waals surface area contributed by atoms with Gasteiger partial charge in [0.05, 0.1) is 11.9 Å². The van der Waals surface area contributed by atoms with E-state index in [1.165, 1.54) is 18.9 Å². The molecule has 1 aromatic heterocycles. The van der Waals surface area contributed by atoms with Crippen LogP contribution < -0.4 is 10.2 Å². The lowest BCUT2D eigenvalue weighted by molar-refractivity contribution is 0.102. The smallest absolute Gasteiger partial charge is 0.255 e. The molecule has 1 aliphatic rings. The number of hydrogen-bond acceptors (Lipinski definition) is 3. The van der Waals surface area contributed by atoms with E-state index in [4.69, 9.17) is 0 Å². The normalized spacial score (nSPS) is 14.2. The predicted octanol–water partition coefficient (Wildman–Crippen LogP) is 3.38. The van der Waals surface area contributed by atoms with Crippen molar-refractivity contribution in [3.63, 3.8) is 0 Å². The Morgan fingerprint density at radius 3 is 2.64 bits per heavy atom. The molecule has 1 fully saturated rings. The van der Waals surface area contributed by atoms with Gasteiger partial charge in [-0.1, -0.05) is 6.07 Å². The van der Waals surface area contributed by atoms with Gasteiger partial charge in [0.15, 0.2) is 0 Å². The highest BCUT2D eigenvalue weighted by Crippen LogP contribution is 2.19. The number of amides is 1. The summed E-state index contributed by atoms with van der Waals surface area (Å²) in [6.45, 7) is 3.72. The van der Waals surface area contributed by atoms with Crippen molar-refractivity contribution in [3.8, 4) is 0 Å². The van der Waals surface area contributed by atoms with Gasteiger partial charge in [-0.15, -0.1) is 0 Å². The van der Waals surface area contributed by atoms with Crippen LogP contribution in [-0.2, 0) is 0 Å². The number of nitrogens with zero attached hydrogens (tertiary/aromatic N) is 2. The minimum Gasteiger partial charge on any atom is -0.357 e. The van der Waals surface area contributed by atoms with Crippen LogP contribution in [0.4, 0.5) is 15.9 Å². The molecular weight excluding hydrogens is 281 g/mol. The van der Waals surface area contributed by atoms with Gasteiger partial charge < -0.3 is 10.2 Å². The van der Waals surface area contributed by atoms with Crippen molar-refractivity contribution in [2.24, 2.45) is 0 Å². The molecule has 0 unspecified atom stereocenters. The Bertz CT molecular complexity index is 679. The second-order valence-corrected chi connectivity index (χ2v) is 5.52. The van der Waals surface area contributed by atoms with Crippen molar-refractivity contribution in [2.45, 2.75) is 19.8 Å². The van der Waals surface area contributed by atoms with Gasteiger partial charge in [0, 0.05) is 18.7 Å². The van der Waals surface area contributed by atoms with Crippen LogP contribution in [0.1, 0.15) is 28.8 Å². The summed E-state index contributed by atoms with van der Waals surface area (Å²) in [5.41, 5.74) is 1.42. The highest BCUT2D eigenvalue weighted by atomic mass is 19.1. The third-order valence-corrected chi connectivity index (χ3v) is 3.87. The fourth-order valence-electron chi connectivity index (χ4n) is 2.53. The van der Waals surface area contributed by atoms with Gasteiger partial charge in [-0.3, -0.25) is 4.79 Å². The van der Waals surface area contributed by atoms with Gasteiger partial charge in [-0.2, -0.15) is 0 Å². The van der Waals surface area contributed by atoms with E-state index in [1.54, 1.807) is 25.3 Å². The SMILES string of the molecule is Cc1ccc(C(=O)Nc2ccc(N3CCCC3)nc2)cc1F. The van der Waals surface area contributed by atoms with Gasteiger partial charge in [-0.25, -0.2) is 9.37 Å². The predicted molar refractivity (Wildman–Crippen MR) is 84.8 cm³/mol. The summed E-state index contributed by atoms with van der Waals surface area (Å²) in [4.78, 5) is 18.7. The van der Waals surface area contributed by atoms with Gasteiger partial charge >= 0.3 is 0 Å². The van der Waals surface area contributed by atoms with Crippen molar-refractivity contribution >= 4 is 17.4 Å². The molecule has 0 saturated carbocycles. The monoisotopic (exact) mass is 299 g/mol. The highest BCUT2D eigenvalue weighted by Gasteiger charge is 2.13. The Hall–Kier alpha value is -2.43. The standard InChI is InChI=1S/C17H18FN3O/c1-12-4-5-13(10-15(12)18)17(22)20-14-6-7-16(19-11-14)21-8-2-3-9-21/h4-7,10-11H,2-3,8-9H2,1H3,(H,20,22). The van der Waals surface area contributed by atoms with Gasteiger partial charge in [0.1, 0.15) is 11.6 Å². The lowest BCUT2D eigenvalue weighted by atomic mass is 10.1. The molecular formula is C17H18FN3O. The minimum atomic E-state index is -0.379. The molecule has 5 heteroatoms. The van der Waals surface area contributed by atoms with Crippen molar-refractivity contribution in [2.75, 3.05) is 23.3 Å². The van der Waals surface area contributed by atoms with Crippen LogP contribution in [0.15, 0.2) is 36.5 Å². The van der Waals surface area contributed by atoms with Crippen LogP contribution in [0.3, 0.4) is 0 Å². The summed E-state index contributed by atoms with van der Waals surface area (Å²) in [6, 6.07) is 8.18. The summed E-state index contributed by atoms with van der Waals surface area (Å²) in [5, 5.41) is 2.74. The number of nitrogens with one attached hydrogen (secondary N) is 1. The lowest BCUT2D eigenvalue weighted by Gasteiger charge is -2.16. The lowest BCUT2D eigenvalue weighted by Crippen LogP contribution is -2.19. The van der Waals surface area contributed by atoms with E-state index in [0.29, 0.717) is 16.8 Å². The Kier molecular flexibility index (Phi) is 4.04. The van der Waals surface area contributed by atoms with E-state index < -0.39 is 0 Å². The minimum absolute atomic E-state index is 0.298. The zero-order chi connectivity index (χ0) is 15.5. The summed E-state index contributed by atoms with van der Waals surface area (Å²) in [6.07, 6.45) is 4.02. The number of pyridine rings is 1. The zero-order valence-electron chi connectivity index (χ0n) is 12.5. The van der Waals surface area contributed by atoms with Gasteiger partial charge in [-0.05, 0) is 49.6 Å². The van der Waals surface area contributed by atoms with Crippen molar-refractivity contribution in [3.05, 3.63) is 53.5 Å². The van der Waals surface area contributed by atoms with Crippen molar-refractivity contribution in [1.82, 2.24) is 4.98 Å². The number of aromatic nitrogens is 1. The molecule has 1 saturated heterocycles. The van der Waals surface area contributed by atoms with Crippen LogP contribution >= 0.6 is 0 Å². The Labute approximate surface area is 129 Å². The first-order chi connectivity index (χ1) is 10.6. The zero-order valence-corrected chi connectivity index (χ0v) is 12.5. The molecule has 1 aromatic carbocycles. The molecule has 4 nitrogen and oxygen atoms in total. The largest absolute Gasteiger partial charge is 0.357 e. The Balaban J connectivity index is 1.69. The summed E-state index contributed by atoms with van der Waals surface area (Å²) in [5.74, 6) is 0.210. The van der Waals surface area contributed by atoms with E-state index in [1.807, 2.05) is 12.1 Å². The second-order valence-electron chi connectivity index (χ2n) is 5.52. The molecule has 0 radical (unpaired) electrons. The third-order valence-electron chi connectivity index (χ3n) is 3.87. The summed E-state index contributed by atoms with van der Waals surface area (Å²) in [7, 11) is 0. The van der Waals surface area contributed by atoms with Crippen LogP contribution in [0, 0.1) is 12.7 Å². The molecule has 0 spiro atoms. The fourth-order valence-corrected chi connectivity index (χ4v) is 2.53. The number of anilines is 2. The summed E-state index contributed by atoms with van der Waals surface area (Å²) >= 11 is 0. The summed E-state index contributed by atoms with van der Waals surface area (Å²) < 4.78 is 13.5. The molecule has 3 rings (SSSR count). The topological polar surface area (TPSA) is 45.2 Å². The number of aryl methyl sites for hydroxylation is 1. The fraction of sp³-hybridized carbons (Fsp3) is 0.294. The van der Waals surface area contributed by atoms with E-state index in [9.17, 15) is 9.18 Å². The maximum Gasteiger partial charge on any atom is 0.255 e. The van der Waals surface area contributed by atoms with Crippen LogP contribution in [0.25, 0.3) is 0 Å². The van der Waals surface area contributed by atoms with Crippen LogP contribution in [-0.4, -0.2) is 24.0 Å². The molecule has 1 aliphatic heterocycles. The first-order valence-electron chi connectivity index (χ1n) is 7.42. The van der Waals surface area contributed by atoms with Crippen molar-refractivity contribution < 1.29 is 9.18 Å². The number of carbonyl (C=O) groups excluding carboxylic acids is 1. The third kappa shape index (κ3) is 3.08. The quantitative estimate of drug-likeness (QED) is 0.945. The van der Waals surface area contributed by atoms with Crippen LogP contribution in [0.5, 0.6) is 0 Å². The number of hydrogen-bond donors (Lipinski definition) is 1. The molecule has 1 N–H and O–H groups in total. The molecule has 0 aliphatic carbocycles. The van der Waals surface area contributed by atoms with E-state index >= 15 is 0 Å². The molecule has 0 atom stereocenters. The number of carbonyl (C=O) groups is 1.